The molecule has 2 amide bonds. The van der Waals surface area contributed by atoms with E-state index in [9.17, 15) is 9.59 Å². The Balaban J connectivity index is 1.51. The van der Waals surface area contributed by atoms with Crippen LogP contribution >= 0.6 is 22.7 Å². The molecule has 1 fully saturated rings. The van der Waals surface area contributed by atoms with Gasteiger partial charge in [-0.05, 0) is 42.7 Å². The summed E-state index contributed by atoms with van der Waals surface area (Å²) in [5.41, 5.74) is 0.301. The van der Waals surface area contributed by atoms with E-state index in [4.69, 9.17) is 5.10 Å². The molecule has 2 aromatic rings. The SMILES string of the molecule is CCNC(=O)C1(NCC(=O)N2N=C(c3cccs3)C[C@@H]2c2cccs2)CCCCC1. The van der Waals surface area contributed by atoms with E-state index >= 15 is 0 Å². The van der Waals surface area contributed by atoms with Crippen molar-refractivity contribution < 1.29 is 9.59 Å². The Hall–Kier alpha value is -2.03. The molecule has 0 unspecified atom stereocenters. The largest absolute Gasteiger partial charge is 0.355 e. The van der Waals surface area contributed by atoms with E-state index in [2.05, 4.69) is 16.7 Å². The van der Waals surface area contributed by atoms with Gasteiger partial charge in [0.25, 0.3) is 5.91 Å². The highest BCUT2D eigenvalue weighted by Crippen LogP contribution is 2.36. The second-order valence-corrected chi connectivity index (χ2v) is 9.78. The number of hydrogen-bond acceptors (Lipinski definition) is 6. The lowest BCUT2D eigenvalue weighted by Gasteiger charge is -2.37. The number of nitrogens with one attached hydrogen (secondary N) is 2. The van der Waals surface area contributed by atoms with Crippen molar-refractivity contribution in [3.05, 3.63) is 44.8 Å². The van der Waals surface area contributed by atoms with Crippen molar-refractivity contribution in [3.8, 4) is 0 Å². The molecule has 1 atom stereocenters. The second-order valence-electron chi connectivity index (χ2n) is 7.85. The van der Waals surface area contributed by atoms with E-state index in [1.54, 1.807) is 27.7 Å². The third-order valence-corrected chi connectivity index (χ3v) is 7.79. The van der Waals surface area contributed by atoms with Crippen molar-refractivity contribution >= 4 is 40.2 Å². The summed E-state index contributed by atoms with van der Waals surface area (Å²) in [6.45, 7) is 2.63. The standard InChI is InChI=1S/C22H28N4O2S2/c1-2-23-21(28)22(10-4-3-5-11-22)24-15-20(27)26-17(19-9-7-13-30-19)14-16(25-26)18-8-6-12-29-18/h6-9,12-13,17,24H,2-5,10-11,14-15H2,1H3,(H,23,28)/t17-/m1/s1. The van der Waals surface area contributed by atoms with Gasteiger partial charge in [-0.25, -0.2) is 5.01 Å². The highest BCUT2D eigenvalue weighted by molar-refractivity contribution is 7.12. The van der Waals surface area contributed by atoms with E-state index in [0.717, 1.165) is 47.6 Å². The molecule has 0 saturated heterocycles. The van der Waals surface area contributed by atoms with Crippen LogP contribution in [0.3, 0.4) is 0 Å². The molecule has 0 spiro atoms. The zero-order valence-electron chi connectivity index (χ0n) is 17.2. The van der Waals surface area contributed by atoms with Crippen LogP contribution in [0, 0.1) is 0 Å². The van der Waals surface area contributed by atoms with Crippen molar-refractivity contribution in [3.63, 3.8) is 0 Å². The average molecular weight is 445 g/mol. The zero-order chi connectivity index (χ0) is 21.0. The minimum atomic E-state index is -0.650. The summed E-state index contributed by atoms with van der Waals surface area (Å²) in [7, 11) is 0. The molecule has 0 bridgehead atoms. The number of rotatable bonds is 7. The van der Waals surface area contributed by atoms with Crippen molar-refractivity contribution in [2.75, 3.05) is 13.1 Å². The van der Waals surface area contributed by atoms with Gasteiger partial charge < -0.3 is 5.32 Å². The molecule has 4 rings (SSSR count). The lowest BCUT2D eigenvalue weighted by Crippen LogP contribution is -2.59. The maximum atomic E-state index is 13.3. The highest BCUT2D eigenvalue weighted by Gasteiger charge is 2.40. The van der Waals surface area contributed by atoms with E-state index in [1.807, 2.05) is 35.9 Å². The number of thiophene rings is 2. The molecule has 0 aromatic carbocycles. The number of carbonyl (C=O) groups is 2. The fourth-order valence-electron chi connectivity index (χ4n) is 4.33. The van der Waals surface area contributed by atoms with Gasteiger partial charge >= 0.3 is 0 Å². The summed E-state index contributed by atoms with van der Waals surface area (Å²) >= 11 is 3.29. The number of carbonyl (C=O) groups excluding carboxylic acids is 2. The molecule has 2 aromatic heterocycles. The summed E-state index contributed by atoms with van der Waals surface area (Å²) in [6.07, 6.45) is 5.39. The first-order valence-electron chi connectivity index (χ1n) is 10.6. The Morgan fingerprint density at radius 1 is 1.17 bits per heavy atom. The van der Waals surface area contributed by atoms with Crippen LogP contribution in [0.1, 0.15) is 61.2 Å². The summed E-state index contributed by atoms with van der Waals surface area (Å²) in [5, 5.41) is 16.7. The van der Waals surface area contributed by atoms with Gasteiger partial charge in [-0.15, -0.1) is 22.7 Å². The summed E-state index contributed by atoms with van der Waals surface area (Å²) in [5.74, 6) is -0.0780. The van der Waals surface area contributed by atoms with Gasteiger partial charge in [0.15, 0.2) is 0 Å². The number of nitrogens with zero attached hydrogens (tertiary/aromatic N) is 2. The quantitative estimate of drug-likeness (QED) is 0.680. The summed E-state index contributed by atoms with van der Waals surface area (Å²) < 4.78 is 0. The van der Waals surface area contributed by atoms with Crippen LogP contribution in [-0.2, 0) is 9.59 Å². The van der Waals surface area contributed by atoms with E-state index < -0.39 is 5.54 Å². The smallest absolute Gasteiger partial charge is 0.257 e. The van der Waals surface area contributed by atoms with Gasteiger partial charge in [0.2, 0.25) is 5.91 Å². The van der Waals surface area contributed by atoms with Crippen molar-refractivity contribution in [2.45, 2.75) is 57.0 Å². The topological polar surface area (TPSA) is 73.8 Å². The van der Waals surface area contributed by atoms with Gasteiger partial charge in [0.05, 0.1) is 28.7 Å². The predicted octanol–water partition coefficient (Wildman–Crippen LogP) is 3.92. The fourth-order valence-corrected chi connectivity index (χ4v) is 5.86. The van der Waals surface area contributed by atoms with Crippen LogP contribution in [0.4, 0.5) is 0 Å². The average Bonchev–Trinajstić information content (AvgIpc) is 3.53. The van der Waals surface area contributed by atoms with E-state index in [0.29, 0.717) is 13.0 Å². The Kier molecular flexibility index (Phi) is 6.65. The maximum Gasteiger partial charge on any atom is 0.257 e. The molecule has 8 heteroatoms. The number of hydrazone groups is 1. The van der Waals surface area contributed by atoms with Crippen LogP contribution in [0.2, 0.25) is 0 Å². The first-order chi connectivity index (χ1) is 14.6. The lowest BCUT2D eigenvalue weighted by molar-refractivity contribution is -0.134. The number of hydrogen-bond donors (Lipinski definition) is 2. The maximum absolute atomic E-state index is 13.3. The molecule has 6 nitrogen and oxygen atoms in total. The molecule has 1 aliphatic heterocycles. The lowest BCUT2D eigenvalue weighted by atomic mass is 9.80. The molecule has 2 N–H and O–H groups in total. The van der Waals surface area contributed by atoms with Gasteiger partial charge in [0, 0.05) is 17.8 Å². The third-order valence-electron chi connectivity index (χ3n) is 5.90. The van der Waals surface area contributed by atoms with Crippen LogP contribution in [0.15, 0.2) is 40.1 Å². The van der Waals surface area contributed by atoms with E-state index in [-0.39, 0.29) is 24.4 Å². The van der Waals surface area contributed by atoms with E-state index in [1.165, 1.54) is 0 Å². The first kappa shape index (κ1) is 21.2. The van der Waals surface area contributed by atoms with Crippen LogP contribution in [-0.4, -0.2) is 41.2 Å². The normalized spacial score (nSPS) is 20.8. The van der Waals surface area contributed by atoms with Gasteiger partial charge in [0.1, 0.15) is 0 Å². The van der Waals surface area contributed by atoms with Crippen molar-refractivity contribution in [2.24, 2.45) is 5.10 Å². The predicted molar refractivity (Wildman–Crippen MR) is 122 cm³/mol. The van der Waals surface area contributed by atoms with Crippen LogP contribution in [0.5, 0.6) is 0 Å². The van der Waals surface area contributed by atoms with Gasteiger partial charge in [-0.3, -0.25) is 14.9 Å². The molecular weight excluding hydrogens is 416 g/mol. The minimum Gasteiger partial charge on any atom is -0.355 e. The Bertz CT molecular complexity index is 886. The number of likely N-dealkylation sites (N-methyl/N-ethyl adjacent to an activating group) is 1. The highest BCUT2D eigenvalue weighted by atomic mass is 32.1. The molecular formula is C22H28N4O2S2. The Morgan fingerprint density at radius 3 is 2.60 bits per heavy atom. The summed E-state index contributed by atoms with van der Waals surface area (Å²) in [6, 6.07) is 8.05. The second kappa shape index (κ2) is 9.41. The monoisotopic (exact) mass is 444 g/mol. The molecule has 1 aliphatic carbocycles. The number of amides is 2. The van der Waals surface area contributed by atoms with Crippen LogP contribution in [0.25, 0.3) is 0 Å². The van der Waals surface area contributed by atoms with Crippen LogP contribution < -0.4 is 10.6 Å². The van der Waals surface area contributed by atoms with Gasteiger partial charge in [-0.2, -0.15) is 5.10 Å². The third kappa shape index (κ3) is 4.36. The van der Waals surface area contributed by atoms with Crippen molar-refractivity contribution in [1.82, 2.24) is 15.6 Å². The molecule has 160 valence electrons. The molecule has 3 heterocycles. The fraction of sp³-hybridized carbons (Fsp3) is 0.500. The summed E-state index contributed by atoms with van der Waals surface area (Å²) in [4.78, 5) is 28.3. The van der Waals surface area contributed by atoms with Crippen molar-refractivity contribution in [1.29, 1.82) is 0 Å². The molecule has 1 saturated carbocycles. The first-order valence-corrected chi connectivity index (χ1v) is 12.4. The molecule has 0 radical (unpaired) electrons. The molecule has 30 heavy (non-hydrogen) atoms. The van der Waals surface area contributed by atoms with Gasteiger partial charge in [-0.1, -0.05) is 31.4 Å². The molecule has 2 aliphatic rings. The Labute approximate surface area is 185 Å². The zero-order valence-corrected chi connectivity index (χ0v) is 18.9. The Morgan fingerprint density at radius 2 is 1.93 bits per heavy atom. The minimum absolute atomic E-state index is 0.0107.